The predicted molar refractivity (Wildman–Crippen MR) is 93.1 cm³/mol. The molecule has 3 aromatic rings. The fraction of sp³-hybridized carbons (Fsp3) is 0.222. The second kappa shape index (κ2) is 6.35. The van der Waals surface area contributed by atoms with Crippen LogP contribution in [-0.4, -0.2) is 39.5 Å². The average Bonchev–Trinajstić information content (AvgIpc) is 3.19. The second-order valence-corrected chi connectivity index (χ2v) is 6.31. The summed E-state index contributed by atoms with van der Waals surface area (Å²) in [6.07, 6.45) is 0.370. The molecule has 25 heavy (non-hydrogen) atoms. The number of benzene rings is 2. The Morgan fingerprint density at radius 2 is 2.00 bits per heavy atom. The molecule has 1 unspecified atom stereocenters. The van der Waals surface area contributed by atoms with Crippen molar-refractivity contribution in [1.82, 2.24) is 9.88 Å². The van der Waals surface area contributed by atoms with Crippen LogP contribution in [0.15, 0.2) is 52.9 Å². The van der Waals surface area contributed by atoms with Crippen LogP contribution in [0.2, 0.25) is 0 Å². The third kappa shape index (κ3) is 3.16. The average molecular weight is 336 g/mol. The molecule has 0 spiro atoms. The van der Waals surface area contributed by atoms with E-state index in [1.54, 1.807) is 18.2 Å². The molecule has 1 atom stereocenters. The van der Waals surface area contributed by atoms with Crippen LogP contribution in [0.25, 0.3) is 11.1 Å². The summed E-state index contributed by atoms with van der Waals surface area (Å²) in [4.78, 5) is 18.6. The summed E-state index contributed by atoms with van der Waals surface area (Å²) in [5, 5.41) is 18.5. The zero-order chi connectivity index (χ0) is 17.4. The van der Waals surface area contributed by atoms with E-state index >= 15 is 0 Å². The summed E-state index contributed by atoms with van der Waals surface area (Å²) >= 11 is 0. The van der Waals surface area contributed by atoms with Gasteiger partial charge in [-0.15, -0.1) is 0 Å². The first-order valence-corrected chi connectivity index (χ1v) is 8.18. The lowest BCUT2D eigenvalue weighted by Crippen LogP contribution is -2.29. The molecule has 1 fully saturated rings. The minimum absolute atomic E-state index is 0.0857. The molecule has 1 aliphatic heterocycles. The molecule has 2 aromatic carbocycles. The number of fused-ring (bicyclic) bond motifs is 1. The fourth-order valence-corrected chi connectivity index (χ4v) is 3.19. The zero-order valence-electron chi connectivity index (χ0n) is 13.5. The Kier molecular flexibility index (Phi) is 4.03. The fourth-order valence-electron chi connectivity index (χ4n) is 3.19. The molecule has 1 aromatic heterocycles. The topological polar surface area (TPSA) is 86.8 Å². The van der Waals surface area contributed by atoms with Gasteiger partial charge in [-0.2, -0.15) is 0 Å². The van der Waals surface area contributed by atoms with Gasteiger partial charge in [0, 0.05) is 19.5 Å². The van der Waals surface area contributed by atoms with Crippen molar-refractivity contribution in [3.8, 4) is 0 Å². The van der Waals surface area contributed by atoms with E-state index in [1.807, 2.05) is 35.2 Å². The first-order valence-electron chi connectivity index (χ1n) is 8.18. The van der Waals surface area contributed by atoms with E-state index in [9.17, 15) is 14.8 Å². The Morgan fingerprint density at radius 3 is 2.76 bits per heavy atom. The summed E-state index contributed by atoms with van der Waals surface area (Å²) < 4.78 is 5.78. The van der Waals surface area contributed by atoms with Crippen LogP contribution in [-0.2, 0) is 11.3 Å². The first-order chi connectivity index (χ1) is 12.1. The monoisotopic (exact) mass is 336 g/mol. The number of hydrogen-bond acceptors (Lipinski definition) is 5. The molecule has 0 bridgehead atoms. The Balaban J connectivity index is 1.54. The van der Waals surface area contributed by atoms with Crippen molar-refractivity contribution in [2.75, 3.05) is 6.54 Å². The first kappa shape index (κ1) is 15.9. The van der Waals surface area contributed by atoms with Crippen molar-refractivity contribution < 1.29 is 19.3 Å². The number of carbonyl (C=O) groups excluding carboxylic acids is 1. The van der Waals surface area contributed by atoms with Crippen LogP contribution in [0.3, 0.4) is 0 Å². The highest BCUT2D eigenvalue weighted by Gasteiger charge is 2.33. The minimum Gasteiger partial charge on any atom is -0.440 e. The lowest BCUT2D eigenvalue weighted by molar-refractivity contribution is -0.128. The van der Waals surface area contributed by atoms with Crippen LogP contribution in [0.1, 0.15) is 23.8 Å². The molecule has 6 nitrogen and oxygen atoms in total. The molecule has 2 heterocycles. The van der Waals surface area contributed by atoms with Gasteiger partial charge in [0.2, 0.25) is 11.8 Å². The highest BCUT2D eigenvalue weighted by molar-refractivity contribution is 6.58. The van der Waals surface area contributed by atoms with E-state index in [0.717, 1.165) is 5.56 Å². The minimum atomic E-state index is -1.55. The molecular weight excluding hydrogens is 319 g/mol. The Bertz CT molecular complexity index is 910. The number of amides is 1. The van der Waals surface area contributed by atoms with E-state index in [4.69, 9.17) is 4.42 Å². The molecule has 126 valence electrons. The quantitative estimate of drug-likeness (QED) is 0.695. The Hall–Kier alpha value is -2.64. The number of nitrogens with zero attached hydrogens (tertiary/aromatic N) is 2. The number of oxazole rings is 1. The lowest BCUT2D eigenvalue weighted by atomic mass is 9.80. The highest BCUT2D eigenvalue weighted by atomic mass is 16.4. The van der Waals surface area contributed by atoms with Gasteiger partial charge in [0.1, 0.15) is 5.52 Å². The number of likely N-dealkylation sites (tertiary alicyclic amines) is 1. The molecule has 4 rings (SSSR count). The summed E-state index contributed by atoms with van der Waals surface area (Å²) in [5.74, 6) is 0.511. The van der Waals surface area contributed by atoms with Gasteiger partial charge in [-0.25, -0.2) is 4.98 Å². The predicted octanol–water partition coefficient (Wildman–Crippen LogP) is 1.02. The Labute approximate surface area is 144 Å². The van der Waals surface area contributed by atoms with Gasteiger partial charge in [0.25, 0.3) is 0 Å². The molecule has 0 radical (unpaired) electrons. The normalized spacial score (nSPS) is 17.4. The number of carbonyl (C=O) groups is 1. The number of rotatable bonds is 4. The summed E-state index contributed by atoms with van der Waals surface area (Å²) in [6.45, 7) is 1.15. The highest BCUT2D eigenvalue weighted by Crippen LogP contribution is 2.30. The summed E-state index contributed by atoms with van der Waals surface area (Å²) in [5.41, 5.74) is 2.59. The van der Waals surface area contributed by atoms with Crippen molar-refractivity contribution >= 4 is 29.6 Å². The van der Waals surface area contributed by atoms with Crippen molar-refractivity contribution in [3.63, 3.8) is 0 Å². The van der Waals surface area contributed by atoms with Gasteiger partial charge in [0.05, 0.1) is 5.92 Å². The van der Waals surface area contributed by atoms with Crippen molar-refractivity contribution in [2.24, 2.45) is 0 Å². The second-order valence-electron chi connectivity index (χ2n) is 6.31. The van der Waals surface area contributed by atoms with Gasteiger partial charge < -0.3 is 19.4 Å². The summed E-state index contributed by atoms with van der Waals surface area (Å²) in [7, 11) is -1.55. The van der Waals surface area contributed by atoms with Crippen LogP contribution < -0.4 is 5.46 Å². The summed E-state index contributed by atoms with van der Waals surface area (Å²) in [6, 6.07) is 14.7. The number of hydrogen-bond donors (Lipinski definition) is 2. The van der Waals surface area contributed by atoms with Gasteiger partial charge >= 0.3 is 7.12 Å². The van der Waals surface area contributed by atoms with E-state index in [2.05, 4.69) is 4.98 Å². The van der Waals surface area contributed by atoms with Crippen molar-refractivity contribution in [1.29, 1.82) is 0 Å². The van der Waals surface area contributed by atoms with Crippen molar-refractivity contribution in [3.05, 3.63) is 60.0 Å². The number of aromatic nitrogens is 1. The van der Waals surface area contributed by atoms with E-state index < -0.39 is 7.12 Å². The molecule has 0 saturated carbocycles. The maximum Gasteiger partial charge on any atom is 0.488 e. The Morgan fingerprint density at radius 1 is 1.20 bits per heavy atom. The molecule has 1 aliphatic rings. The molecular formula is C18H17BN2O4. The van der Waals surface area contributed by atoms with Gasteiger partial charge in [-0.3, -0.25) is 4.79 Å². The van der Waals surface area contributed by atoms with E-state index in [1.165, 1.54) is 0 Å². The smallest absolute Gasteiger partial charge is 0.440 e. The molecule has 7 heteroatoms. The van der Waals surface area contributed by atoms with E-state index in [0.29, 0.717) is 42.0 Å². The molecule has 1 saturated heterocycles. The van der Waals surface area contributed by atoms with E-state index in [-0.39, 0.29) is 11.8 Å². The van der Waals surface area contributed by atoms with Crippen LogP contribution in [0.5, 0.6) is 0 Å². The molecule has 0 aliphatic carbocycles. The molecule has 2 N–H and O–H groups in total. The third-order valence-electron chi connectivity index (χ3n) is 4.51. The maximum atomic E-state index is 12.3. The van der Waals surface area contributed by atoms with Crippen LogP contribution in [0, 0.1) is 0 Å². The van der Waals surface area contributed by atoms with Gasteiger partial charge in [-0.1, -0.05) is 36.4 Å². The van der Waals surface area contributed by atoms with Gasteiger partial charge in [-0.05, 0) is 23.2 Å². The maximum absolute atomic E-state index is 12.3. The zero-order valence-corrected chi connectivity index (χ0v) is 13.5. The van der Waals surface area contributed by atoms with Crippen LogP contribution >= 0.6 is 0 Å². The standard InChI is InChI=1S/C18H17BN2O4/c22-17-8-13(11-21(17)10-12-4-2-1-3-5-12)18-20-15-7-6-14(19(23)24)9-16(15)25-18/h1-7,9,13,23-24H,8,10-11H2. The SMILES string of the molecule is O=C1CC(c2nc3ccc(B(O)O)cc3o2)CN1Cc1ccccc1. The largest absolute Gasteiger partial charge is 0.488 e. The third-order valence-corrected chi connectivity index (χ3v) is 4.51. The van der Waals surface area contributed by atoms with Crippen molar-refractivity contribution in [2.45, 2.75) is 18.9 Å². The van der Waals surface area contributed by atoms with Gasteiger partial charge in [0.15, 0.2) is 5.58 Å². The van der Waals surface area contributed by atoms with Crippen LogP contribution in [0.4, 0.5) is 0 Å². The lowest BCUT2D eigenvalue weighted by Gasteiger charge is -2.15. The molecule has 1 amide bonds.